The van der Waals surface area contributed by atoms with Crippen LogP contribution in [-0.4, -0.2) is 73.3 Å². The second-order valence-corrected chi connectivity index (χ2v) is 6.78. The van der Waals surface area contributed by atoms with E-state index in [0.717, 1.165) is 5.69 Å². The highest BCUT2D eigenvalue weighted by molar-refractivity contribution is 5.89. The summed E-state index contributed by atoms with van der Waals surface area (Å²) in [7, 11) is 0. The average Bonchev–Trinajstić information content (AvgIpc) is 2.96. The van der Waals surface area contributed by atoms with Gasteiger partial charge in [-0.2, -0.15) is 0 Å². The first-order valence-electron chi connectivity index (χ1n) is 8.83. The van der Waals surface area contributed by atoms with Crippen molar-refractivity contribution in [2.75, 3.05) is 44.7 Å². The first-order valence-corrected chi connectivity index (χ1v) is 8.83. The lowest BCUT2D eigenvalue weighted by Crippen LogP contribution is -2.50. The van der Waals surface area contributed by atoms with Crippen LogP contribution in [0.15, 0.2) is 30.3 Å². The van der Waals surface area contributed by atoms with Gasteiger partial charge in [-0.15, -0.1) is 0 Å². The number of amides is 3. The predicted molar refractivity (Wildman–Crippen MR) is 91.2 cm³/mol. The van der Waals surface area contributed by atoms with Crippen LogP contribution in [0.5, 0.6) is 0 Å². The van der Waals surface area contributed by atoms with Gasteiger partial charge in [-0.05, 0) is 18.6 Å². The molecule has 0 aliphatic carbocycles. The maximum atomic E-state index is 12.8. The van der Waals surface area contributed by atoms with E-state index < -0.39 is 0 Å². The highest BCUT2D eigenvalue weighted by Gasteiger charge is 2.47. The zero-order chi connectivity index (χ0) is 17.2. The van der Waals surface area contributed by atoms with Crippen molar-refractivity contribution in [3.63, 3.8) is 0 Å². The molecule has 1 aromatic rings. The summed E-state index contributed by atoms with van der Waals surface area (Å²) in [6.45, 7) is 3.46. The number of fused-ring (bicyclic) bond motifs is 2. The first kappa shape index (κ1) is 16.4. The number of para-hydroxylation sites is 1. The fourth-order valence-electron chi connectivity index (χ4n) is 3.83. The van der Waals surface area contributed by atoms with Crippen LogP contribution < -0.4 is 5.32 Å². The number of morpholine rings is 2. The molecule has 3 heterocycles. The zero-order valence-corrected chi connectivity index (χ0v) is 14.1. The smallest absolute Gasteiger partial charge is 0.322 e. The largest absolute Gasteiger partial charge is 0.378 e. The fraction of sp³-hybridized carbons (Fsp3) is 0.556. The lowest BCUT2D eigenvalue weighted by molar-refractivity contribution is -0.142. The summed E-state index contributed by atoms with van der Waals surface area (Å²) >= 11 is 0. The predicted octanol–water partition coefficient (Wildman–Crippen LogP) is 1.17. The maximum absolute atomic E-state index is 12.8. The van der Waals surface area contributed by atoms with Crippen molar-refractivity contribution in [1.29, 1.82) is 0 Å². The Bertz CT molecular complexity index is 632. The van der Waals surface area contributed by atoms with E-state index in [9.17, 15) is 9.59 Å². The molecule has 2 bridgehead atoms. The molecular formula is C18H23N3O4. The number of anilines is 1. The van der Waals surface area contributed by atoms with Crippen LogP contribution in [0.2, 0.25) is 0 Å². The number of ether oxygens (including phenoxy) is 2. The quantitative estimate of drug-likeness (QED) is 0.873. The number of carbonyl (C=O) groups excluding carboxylic acids is 2. The molecule has 3 aliphatic heterocycles. The van der Waals surface area contributed by atoms with E-state index in [-0.39, 0.29) is 30.1 Å². The Kier molecular flexibility index (Phi) is 4.59. The molecule has 1 N–H and O–H groups in total. The lowest BCUT2D eigenvalue weighted by Gasteiger charge is -2.34. The molecule has 0 radical (unpaired) electrons. The van der Waals surface area contributed by atoms with Crippen LogP contribution in [0.3, 0.4) is 0 Å². The molecule has 3 fully saturated rings. The summed E-state index contributed by atoms with van der Waals surface area (Å²) in [4.78, 5) is 28.9. The number of likely N-dealkylation sites (tertiary alicyclic amines) is 1. The Morgan fingerprint density at radius 3 is 2.56 bits per heavy atom. The van der Waals surface area contributed by atoms with E-state index in [4.69, 9.17) is 9.47 Å². The minimum atomic E-state index is -0.212. The van der Waals surface area contributed by atoms with Gasteiger partial charge in [0.1, 0.15) is 0 Å². The van der Waals surface area contributed by atoms with Crippen molar-refractivity contribution >= 4 is 17.6 Å². The van der Waals surface area contributed by atoms with Crippen LogP contribution in [0, 0.1) is 5.92 Å². The summed E-state index contributed by atoms with van der Waals surface area (Å²) in [6.07, 6.45) is 0.418. The molecule has 3 atom stereocenters. The van der Waals surface area contributed by atoms with Crippen LogP contribution in [-0.2, 0) is 14.3 Å². The maximum Gasteiger partial charge on any atom is 0.322 e. The number of hydrogen-bond acceptors (Lipinski definition) is 4. The molecule has 0 saturated carbocycles. The number of nitrogens with zero attached hydrogens (tertiary/aromatic N) is 2. The van der Waals surface area contributed by atoms with Crippen LogP contribution in [0.1, 0.15) is 6.42 Å². The number of benzene rings is 1. The molecule has 25 heavy (non-hydrogen) atoms. The number of nitrogens with one attached hydrogen (secondary N) is 1. The average molecular weight is 345 g/mol. The number of urea groups is 1. The van der Waals surface area contributed by atoms with E-state index in [1.807, 2.05) is 35.2 Å². The molecule has 0 unspecified atom stereocenters. The molecule has 134 valence electrons. The van der Waals surface area contributed by atoms with Crippen molar-refractivity contribution < 1.29 is 19.1 Å². The Morgan fingerprint density at radius 2 is 1.80 bits per heavy atom. The Labute approximate surface area is 146 Å². The van der Waals surface area contributed by atoms with Gasteiger partial charge in [0.25, 0.3) is 0 Å². The van der Waals surface area contributed by atoms with Gasteiger partial charge in [0, 0.05) is 31.9 Å². The molecule has 0 aromatic heterocycles. The third kappa shape index (κ3) is 3.48. The van der Waals surface area contributed by atoms with Gasteiger partial charge in [0.05, 0.1) is 31.3 Å². The third-order valence-corrected chi connectivity index (χ3v) is 5.11. The van der Waals surface area contributed by atoms with Crippen molar-refractivity contribution in [3.05, 3.63) is 30.3 Å². The van der Waals surface area contributed by atoms with E-state index in [1.165, 1.54) is 0 Å². The van der Waals surface area contributed by atoms with Crippen LogP contribution >= 0.6 is 0 Å². The summed E-state index contributed by atoms with van der Waals surface area (Å²) in [5.74, 6) is -0.0151. The van der Waals surface area contributed by atoms with Gasteiger partial charge >= 0.3 is 6.03 Å². The van der Waals surface area contributed by atoms with Crippen molar-refractivity contribution in [2.24, 2.45) is 5.92 Å². The molecule has 4 rings (SSSR count). The van der Waals surface area contributed by atoms with Crippen LogP contribution in [0.25, 0.3) is 0 Å². The fourth-order valence-corrected chi connectivity index (χ4v) is 3.83. The first-order chi connectivity index (χ1) is 12.2. The van der Waals surface area contributed by atoms with Crippen LogP contribution in [0.4, 0.5) is 10.5 Å². The minimum Gasteiger partial charge on any atom is -0.378 e. The van der Waals surface area contributed by atoms with Gasteiger partial charge in [0.15, 0.2) is 0 Å². The second kappa shape index (κ2) is 7.01. The molecule has 3 saturated heterocycles. The highest BCUT2D eigenvalue weighted by atomic mass is 16.5. The molecule has 7 nitrogen and oxygen atoms in total. The van der Waals surface area contributed by atoms with Gasteiger partial charge in [-0.1, -0.05) is 18.2 Å². The van der Waals surface area contributed by atoms with Crippen molar-refractivity contribution in [3.8, 4) is 0 Å². The van der Waals surface area contributed by atoms with E-state index in [2.05, 4.69) is 5.32 Å². The molecular weight excluding hydrogens is 322 g/mol. The van der Waals surface area contributed by atoms with Gasteiger partial charge in [0.2, 0.25) is 5.91 Å². The normalized spacial score (nSPS) is 28.7. The number of carbonyl (C=O) groups is 2. The highest BCUT2D eigenvalue weighted by Crippen LogP contribution is 2.33. The van der Waals surface area contributed by atoms with Gasteiger partial charge < -0.3 is 24.6 Å². The monoisotopic (exact) mass is 345 g/mol. The molecule has 3 amide bonds. The number of hydrogen-bond donors (Lipinski definition) is 1. The molecule has 1 aromatic carbocycles. The van der Waals surface area contributed by atoms with E-state index in [0.29, 0.717) is 45.8 Å². The van der Waals surface area contributed by atoms with Gasteiger partial charge in [-0.3, -0.25) is 4.79 Å². The van der Waals surface area contributed by atoms with Gasteiger partial charge in [-0.25, -0.2) is 4.79 Å². The van der Waals surface area contributed by atoms with Crippen molar-refractivity contribution in [1.82, 2.24) is 9.80 Å². The second-order valence-electron chi connectivity index (χ2n) is 6.78. The topological polar surface area (TPSA) is 71.1 Å². The SMILES string of the molecule is O=C(Nc1ccccc1)N1C[C@@H]2C[C@@H](C(=O)N3CCOCC3)[C@H](C1)O2. The summed E-state index contributed by atoms with van der Waals surface area (Å²) < 4.78 is 11.3. The summed E-state index contributed by atoms with van der Waals surface area (Å²) in [5, 5.41) is 2.91. The molecule has 0 spiro atoms. The Morgan fingerprint density at radius 1 is 1.04 bits per heavy atom. The molecule has 3 aliphatic rings. The van der Waals surface area contributed by atoms with E-state index in [1.54, 1.807) is 4.90 Å². The third-order valence-electron chi connectivity index (χ3n) is 5.11. The lowest BCUT2D eigenvalue weighted by atomic mass is 9.98. The van der Waals surface area contributed by atoms with Crippen molar-refractivity contribution in [2.45, 2.75) is 18.6 Å². The standard InChI is InChI=1S/C18H23N3O4/c22-17(20-6-8-24-9-7-20)15-10-14-11-21(12-16(15)25-14)18(23)19-13-4-2-1-3-5-13/h1-5,14-16H,6-12H2,(H,19,23)/t14-,15+,16-/m0/s1. The van der Waals surface area contributed by atoms with E-state index >= 15 is 0 Å². The molecule has 7 heteroatoms. The Hall–Kier alpha value is -2.12. The Balaban J connectivity index is 1.38. The summed E-state index contributed by atoms with van der Waals surface area (Å²) in [6, 6.07) is 9.26. The number of rotatable bonds is 2. The minimum absolute atomic E-state index is 0.0599. The zero-order valence-electron chi connectivity index (χ0n) is 14.1. The summed E-state index contributed by atoms with van der Waals surface area (Å²) in [5.41, 5.74) is 0.771.